The summed E-state index contributed by atoms with van der Waals surface area (Å²) in [6.07, 6.45) is 1.76. The average molecular weight is 258 g/mol. The van der Waals surface area contributed by atoms with Gasteiger partial charge in [-0.05, 0) is 28.1 Å². The Hall–Kier alpha value is -0.800. The zero-order chi connectivity index (χ0) is 9.42. The number of hydrogen-bond acceptors (Lipinski definition) is 2. The van der Waals surface area contributed by atoms with Crippen LogP contribution in [-0.4, -0.2) is 4.98 Å². The molecule has 0 atom stereocenters. The molecule has 0 unspecified atom stereocenters. The largest absolute Gasteiger partial charge is 0.396 e. The van der Waals surface area contributed by atoms with Crippen LogP contribution in [0.2, 0.25) is 5.02 Å². The maximum atomic E-state index is 5.85. The van der Waals surface area contributed by atoms with Crippen LogP contribution < -0.4 is 5.73 Å². The fourth-order valence-electron chi connectivity index (χ4n) is 1.18. The van der Waals surface area contributed by atoms with Crippen molar-refractivity contribution in [3.05, 3.63) is 34.0 Å². The van der Waals surface area contributed by atoms with Crippen LogP contribution >= 0.6 is 27.5 Å². The molecule has 2 rings (SSSR count). The fourth-order valence-corrected chi connectivity index (χ4v) is 1.67. The van der Waals surface area contributed by atoms with Gasteiger partial charge in [0.15, 0.2) is 0 Å². The molecule has 2 N–H and O–H groups in total. The van der Waals surface area contributed by atoms with Crippen LogP contribution in [0.3, 0.4) is 0 Å². The third-order valence-corrected chi connectivity index (χ3v) is 2.71. The molecule has 66 valence electrons. The number of fused-ring (bicyclic) bond motifs is 1. The van der Waals surface area contributed by atoms with E-state index in [1.807, 2.05) is 18.2 Å². The number of anilines is 1. The van der Waals surface area contributed by atoms with Gasteiger partial charge in [0, 0.05) is 22.0 Å². The highest BCUT2D eigenvalue weighted by Gasteiger charge is 2.03. The average Bonchev–Trinajstić information content (AvgIpc) is 2.12. The molecule has 0 spiro atoms. The van der Waals surface area contributed by atoms with Crippen molar-refractivity contribution in [1.29, 1.82) is 0 Å². The third-order valence-electron chi connectivity index (χ3n) is 1.84. The molecular weight excluding hydrogens is 251 g/mol. The molecule has 0 aliphatic carbocycles. The van der Waals surface area contributed by atoms with Crippen molar-refractivity contribution in [3.63, 3.8) is 0 Å². The maximum Gasteiger partial charge on any atom is 0.129 e. The molecule has 0 saturated heterocycles. The van der Waals surface area contributed by atoms with E-state index in [1.54, 1.807) is 6.20 Å². The lowest BCUT2D eigenvalue weighted by Gasteiger charge is -2.03. The zero-order valence-corrected chi connectivity index (χ0v) is 8.93. The van der Waals surface area contributed by atoms with E-state index >= 15 is 0 Å². The Morgan fingerprint density at radius 1 is 1.38 bits per heavy atom. The highest BCUT2D eigenvalue weighted by Crippen LogP contribution is 2.28. The van der Waals surface area contributed by atoms with Crippen molar-refractivity contribution in [3.8, 4) is 0 Å². The predicted molar refractivity (Wildman–Crippen MR) is 58.9 cm³/mol. The molecule has 1 aromatic carbocycles. The minimum Gasteiger partial charge on any atom is -0.396 e. The first-order chi connectivity index (χ1) is 6.18. The minimum atomic E-state index is 0.625. The van der Waals surface area contributed by atoms with Crippen molar-refractivity contribution in [2.45, 2.75) is 0 Å². The smallest absolute Gasteiger partial charge is 0.129 e. The lowest BCUT2D eigenvalue weighted by molar-refractivity contribution is 1.31. The van der Waals surface area contributed by atoms with Gasteiger partial charge in [-0.3, -0.25) is 0 Å². The topological polar surface area (TPSA) is 38.9 Å². The molecule has 4 heteroatoms. The van der Waals surface area contributed by atoms with Gasteiger partial charge in [-0.2, -0.15) is 0 Å². The van der Waals surface area contributed by atoms with E-state index in [2.05, 4.69) is 20.9 Å². The summed E-state index contributed by atoms with van der Waals surface area (Å²) in [6, 6.07) is 5.55. The lowest BCUT2D eigenvalue weighted by Crippen LogP contribution is -1.91. The van der Waals surface area contributed by atoms with Crippen molar-refractivity contribution in [1.82, 2.24) is 4.98 Å². The molecule has 2 aromatic rings. The summed E-state index contributed by atoms with van der Waals surface area (Å²) >= 11 is 9.11. The number of rotatable bonds is 0. The Balaban J connectivity index is 2.89. The van der Waals surface area contributed by atoms with Crippen LogP contribution in [0.25, 0.3) is 10.8 Å². The van der Waals surface area contributed by atoms with E-state index in [9.17, 15) is 0 Å². The number of nitrogens with zero attached hydrogens (tertiary/aromatic N) is 1. The molecule has 13 heavy (non-hydrogen) atoms. The minimum absolute atomic E-state index is 0.625. The summed E-state index contributed by atoms with van der Waals surface area (Å²) in [7, 11) is 0. The second-order valence-corrected chi connectivity index (χ2v) is 3.88. The van der Waals surface area contributed by atoms with Gasteiger partial charge in [-0.15, -0.1) is 0 Å². The molecule has 0 fully saturated rings. The van der Waals surface area contributed by atoms with E-state index in [0.29, 0.717) is 15.3 Å². The molecule has 1 heterocycles. The molecule has 0 radical (unpaired) electrons. The summed E-state index contributed by atoms with van der Waals surface area (Å²) < 4.78 is 0.655. The SMILES string of the molecule is Nc1c(Br)ncc2ccc(Cl)cc12. The van der Waals surface area contributed by atoms with Gasteiger partial charge in [0.25, 0.3) is 0 Å². The van der Waals surface area contributed by atoms with Crippen molar-refractivity contribution in [2.75, 3.05) is 5.73 Å². The van der Waals surface area contributed by atoms with Crippen molar-refractivity contribution < 1.29 is 0 Å². The number of benzene rings is 1. The Morgan fingerprint density at radius 3 is 2.92 bits per heavy atom. The first kappa shape index (κ1) is 8.78. The van der Waals surface area contributed by atoms with E-state index < -0.39 is 0 Å². The molecule has 0 amide bonds. The van der Waals surface area contributed by atoms with Crippen molar-refractivity contribution in [2.24, 2.45) is 0 Å². The number of pyridine rings is 1. The molecular formula is C9H6BrClN2. The first-order valence-electron chi connectivity index (χ1n) is 3.68. The van der Waals surface area contributed by atoms with Crippen molar-refractivity contribution >= 4 is 44.0 Å². The number of nitrogen functional groups attached to an aromatic ring is 1. The van der Waals surface area contributed by atoms with Gasteiger partial charge in [-0.1, -0.05) is 17.7 Å². The van der Waals surface area contributed by atoms with Gasteiger partial charge in [-0.25, -0.2) is 4.98 Å². The molecule has 1 aromatic heterocycles. The van der Waals surface area contributed by atoms with Crippen LogP contribution in [0, 0.1) is 0 Å². The second-order valence-electron chi connectivity index (χ2n) is 2.69. The molecule has 0 aliphatic heterocycles. The lowest BCUT2D eigenvalue weighted by atomic mass is 10.1. The summed E-state index contributed by atoms with van der Waals surface area (Å²) in [5, 5.41) is 2.59. The number of hydrogen-bond donors (Lipinski definition) is 1. The van der Waals surface area contributed by atoms with E-state index in [1.165, 1.54) is 0 Å². The summed E-state index contributed by atoms with van der Waals surface area (Å²) in [5.74, 6) is 0. The van der Waals surface area contributed by atoms with E-state index in [-0.39, 0.29) is 0 Å². The second kappa shape index (κ2) is 3.16. The Labute approximate surface area is 88.8 Å². The monoisotopic (exact) mass is 256 g/mol. The number of nitrogens with two attached hydrogens (primary N) is 1. The highest BCUT2D eigenvalue weighted by atomic mass is 79.9. The maximum absolute atomic E-state index is 5.85. The highest BCUT2D eigenvalue weighted by molar-refractivity contribution is 9.10. The van der Waals surface area contributed by atoms with Crippen LogP contribution in [0.1, 0.15) is 0 Å². The standard InChI is InChI=1S/C9H6BrClN2/c10-9-8(12)7-3-6(11)2-1-5(7)4-13-9/h1-4H,12H2. The van der Waals surface area contributed by atoms with E-state index in [4.69, 9.17) is 17.3 Å². The molecule has 0 bridgehead atoms. The Bertz CT molecular complexity index is 465. The van der Waals surface area contributed by atoms with Gasteiger partial charge >= 0.3 is 0 Å². The third kappa shape index (κ3) is 1.49. The summed E-state index contributed by atoms with van der Waals surface area (Å²) in [6.45, 7) is 0. The van der Waals surface area contributed by atoms with E-state index in [0.717, 1.165) is 10.8 Å². The Kier molecular flexibility index (Phi) is 2.14. The van der Waals surface area contributed by atoms with Crippen LogP contribution in [-0.2, 0) is 0 Å². The van der Waals surface area contributed by atoms with Crippen LogP contribution in [0.15, 0.2) is 29.0 Å². The fraction of sp³-hybridized carbons (Fsp3) is 0. The van der Waals surface area contributed by atoms with Crippen LogP contribution in [0.5, 0.6) is 0 Å². The number of aromatic nitrogens is 1. The summed E-state index contributed by atoms with van der Waals surface area (Å²) in [4.78, 5) is 4.09. The molecule has 0 aliphatic rings. The Morgan fingerprint density at radius 2 is 2.15 bits per heavy atom. The zero-order valence-electron chi connectivity index (χ0n) is 6.59. The molecule has 0 saturated carbocycles. The normalized spacial score (nSPS) is 10.6. The number of halogens is 2. The summed E-state index contributed by atoms with van der Waals surface area (Å²) in [5.41, 5.74) is 6.44. The van der Waals surface area contributed by atoms with Gasteiger partial charge in [0.1, 0.15) is 4.60 Å². The van der Waals surface area contributed by atoms with Gasteiger partial charge in [0.05, 0.1) is 5.69 Å². The van der Waals surface area contributed by atoms with Gasteiger partial charge in [0.2, 0.25) is 0 Å². The predicted octanol–water partition coefficient (Wildman–Crippen LogP) is 3.23. The van der Waals surface area contributed by atoms with Crippen LogP contribution in [0.4, 0.5) is 5.69 Å². The van der Waals surface area contributed by atoms with Gasteiger partial charge < -0.3 is 5.73 Å². The first-order valence-corrected chi connectivity index (χ1v) is 4.85. The molecule has 2 nitrogen and oxygen atoms in total. The quantitative estimate of drug-likeness (QED) is 0.736.